The summed E-state index contributed by atoms with van der Waals surface area (Å²) in [4.78, 5) is 0. The Morgan fingerprint density at radius 2 is 1.52 bits per heavy atom. The summed E-state index contributed by atoms with van der Waals surface area (Å²) in [6.45, 7) is 0.274. The quantitative estimate of drug-likeness (QED) is 0.755. The van der Waals surface area contributed by atoms with Gasteiger partial charge in [0.15, 0.2) is 0 Å². The molecular formula is C14H12BCl3F2N2Na. The van der Waals surface area contributed by atoms with Crippen LogP contribution in [0.3, 0.4) is 0 Å². The maximum Gasteiger partial charge on any atom is 1.00 e. The predicted molar refractivity (Wildman–Crippen MR) is 89.5 cm³/mol. The van der Waals surface area contributed by atoms with Gasteiger partial charge in [0, 0.05) is 15.0 Å². The zero-order chi connectivity index (χ0) is 15.1. The summed E-state index contributed by atoms with van der Waals surface area (Å²) in [6.07, 6.45) is 0. The van der Waals surface area contributed by atoms with E-state index in [9.17, 15) is 8.78 Å². The fourth-order valence-electron chi connectivity index (χ4n) is 1.30. The summed E-state index contributed by atoms with van der Waals surface area (Å²) in [6, 6.07) is 10.5. The van der Waals surface area contributed by atoms with Crippen molar-refractivity contribution in [3.05, 3.63) is 69.2 Å². The van der Waals surface area contributed by atoms with Crippen LogP contribution < -0.4 is 35.3 Å². The Morgan fingerprint density at radius 1 is 1.04 bits per heavy atom. The van der Waals surface area contributed by atoms with Crippen LogP contribution in [-0.2, 0) is 6.54 Å². The first-order valence-electron chi connectivity index (χ1n) is 5.48. The first-order valence-corrected chi connectivity index (χ1v) is 6.24. The first kappa shape index (κ1) is 27.5. The molecule has 0 unspecified atom stereocenters. The number of benzene rings is 2. The smallest absolute Gasteiger partial charge is 1.00 e. The standard InChI is InChI=1S/C7H7ClFN.C7H3ClFN.B.ClH.Na.H/c2*8-7-5(4-10)2-1-3-6(7)9;;;;/h1-3H,4,10H2;1-3H;;1H;;/q;;;;+1;-1. The topological polar surface area (TPSA) is 49.8 Å². The van der Waals surface area contributed by atoms with Crippen LogP contribution in [-0.4, -0.2) is 8.41 Å². The normalized spacial score (nSPS) is 8.17. The van der Waals surface area contributed by atoms with Gasteiger partial charge in [0.1, 0.15) is 17.7 Å². The molecule has 0 atom stereocenters. The molecule has 2 nitrogen and oxygen atoms in total. The molecule has 0 heterocycles. The van der Waals surface area contributed by atoms with Crippen molar-refractivity contribution in [3.63, 3.8) is 0 Å². The van der Waals surface area contributed by atoms with Crippen LogP contribution in [0.4, 0.5) is 8.78 Å². The molecule has 3 radical (unpaired) electrons. The maximum atomic E-state index is 12.6. The Labute approximate surface area is 175 Å². The zero-order valence-electron chi connectivity index (χ0n) is 13.2. The van der Waals surface area contributed by atoms with Crippen molar-refractivity contribution in [3.8, 4) is 6.07 Å². The zero-order valence-corrected chi connectivity index (χ0v) is 16.5. The van der Waals surface area contributed by atoms with Gasteiger partial charge in [0.2, 0.25) is 0 Å². The van der Waals surface area contributed by atoms with Gasteiger partial charge in [0.25, 0.3) is 0 Å². The molecule has 0 amide bonds. The monoisotopic (exact) mass is 385 g/mol. The fourth-order valence-corrected chi connectivity index (χ4v) is 1.67. The third-order valence-electron chi connectivity index (χ3n) is 2.32. The number of halogens is 5. The number of rotatable bonds is 1. The Kier molecular flexibility index (Phi) is 16.8. The third-order valence-corrected chi connectivity index (χ3v) is 3.13. The van der Waals surface area contributed by atoms with Crippen LogP contribution in [0.1, 0.15) is 12.6 Å². The molecule has 9 heteroatoms. The van der Waals surface area contributed by atoms with Gasteiger partial charge in [-0.2, -0.15) is 5.26 Å². The fraction of sp³-hybridized carbons (Fsp3) is 0.0714. The predicted octanol–water partition coefficient (Wildman–Crippen LogP) is 1.45. The average Bonchev–Trinajstić information content (AvgIpc) is 2.45. The van der Waals surface area contributed by atoms with Crippen molar-refractivity contribution in [2.24, 2.45) is 5.73 Å². The molecule has 0 fully saturated rings. The minimum atomic E-state index is -0.555. The van der Waals surface area contributed by atoms with E-state index >= 15 is 0 Å². The third kappa shape index (κ3) is 8.37. The van der Waals surface area contributed by atoms with Gasteiger partial charge >= 0.3 is 29.6 Å². The van der Waals surface area contributed by atoms with E-state index in [1.807, 2.05) is 0 Å². The summed E-state index contributed by atoms with van der Waals surface area (Å²) < 4.78 is 25.1. The molecule has 2 N–H and O–H groups in total. The number of nitrogens with zero attached hydrogens (tertiary/aromatic N) is 1. The van der Waals surface area contributed by atoms with Crippen molar-refractivity contribution in [2.45, 2.75) is 6.54 Å². The van der Waals surface area contributed by atoms with Gasteiger partial charge in [-0.1, -0.05) is 41.4 Å². The van der Waals surface area contributed by atoms with E-state index < -0.39 is 11.6 Å². The second kappa shape index (κ2) is 14.1. The second-order valence-electron chi connectivity index (χ2n) is 3.63. The van der Waals surface area contributed by atoms with Crippen molar-refractivity contribution >= 4 is 44.0 Å². The number of hydrogen-bond acceptors (Lipinski definition) is 2. The van der Waals surface area contributed by atoms with E-state index in [2.05, 4.69) is 0 Å². The van der Waals surface area contributed by atoms with Gasteiger partial charge in [-0.15, -0.1) is 12.4 Å². The summed E-state index contributed by atoms with van der Waals surface area (Å²) in [5.41, 5.74) is 6.08. The average molecular weight is 386 g/mol. The molecule has 0 spiro atoms. The SMILES string of the molecule is Cl.N#Cc1cccc(F)c1Cl.NCc1cccc(F)c1Cl.[B].[H-].[Na+]. The van der Waals surface area contributed by atoms with Crippen molar-refractivity contribution in [2.75, 3.05) is 0 Å². The van der Waals surface area contributed by atoms with Crippen molar-refractivity contribution < 1.29 is 39.8 Å². The minimum absolute atomic E-state index is 0. The van der Waals surface area contributed by atoms with E-state index in [4.69, 9.17) is 34.2 Å². The summed E-state index contributed by atoms with van der Waals surface area (Å²) >= 11 is 10.9. The van der Waals surface area contributed by atoms with Crippen LogP contribution in [0.5, 0.6) is 0 Å². The van der Waals surface area contributed by atoms with Gasteiger partial charge in [-0.05, 0) is 23.8 Å². The van der Waals surface area contributed by atoms with Crippen molar-refractivity contribution in [1.82, 2.24) is 0 Å². The molecule has 0 saturated carbocycles. The van der Waals surface area contributed by atoms with Gasteiger partial charge in [0.05, 0.1) is 15.6 Å². The molecule has 0 aliphatic rings. The maximum absolute atomic E-state index is 12.6. The molecule has 0 bridgehead atoms. The summed E-state index contributed by atoms with van der Waals surface area (Å²) in [5, 5.41) is 8.36. The van der Waals surface area contributed by atoms with Crippen LogP contribution in [0, 0.1) is 23.0 Å². The van der Waals surface area contributed by atoms with E-state index in [1.54, 1.807) is 18.2 Å². The van der Waals surface area contributed by atoms with Crippen LogP contribution in [0.25, 0.3) is 0 Å². The summed E-state index contributed by atoms with van der Waals surface area (Å²) in [5.74, 6) is -0.967. The number of hydrogen-bond donors (Lipinski definition) is 1. The molecule has 2 aromatic carbocycles. The number of nitrogens with two attached hydrogens (primary N) is 1. The second-order valence-corrected chi connectivity index (χ2v) is 4.39. The number of nitriles is 1. The van der Waals surface area contributed by atoms with Crippen LogP contribution in [0.15, 0.2) is 36.4 Å². The van der Waals surface area contributed by atoms with Crippen LogP contribution >= 0.6 is 35.6 Å². The first-order chi connectivity index (χ1) is 9.51. The van der Waals surface area contributed by atoms with Gasteiger partial charge in [-0.3, -0.25) is 0 Å². The Balaban J connectivity index is -0.000000143. The minimum Gasteiger partial charge on any atom is -1.00 e. The van der Waals surface area contributed by atoms with Gasteiger partial charge < -0.3 is 7.16 Å². The molecule has 0 saturated heterocycles. The molecule has 2 aromatic rings. The van der Waals surface area contributed by atoms with E-state index in [0.717, 1.165) is 0 Å². The molecule has 2 rings (SSSR count). The molecule has 117 valence electrons. The molecule has 0 aliphatic heterocycles. The molecule has 0 aromatic heterocycles. The van der Waals surface area contributed by atoms with Crippen molar-refractivity contribution in [1.29, 1.82) is 5.26 Å². The van der Waals surface area contributed by atoms with E-state index in [-0.39, 0.29) is 74.0 Å². The molecule has 0 aliphatic carbocycles. The molecule has 23 heavy (non-hydrogen) atoms. The van der Waals surface area contributed by atoms with E-state index in [1.165, 1.54) is 24.3 Å². The van der Waals surface area contributed by atoms with Crippen LogP contribution in [0.2, 0.25) is 10.0 Å². The largest absolute Gasteiger partial charge is 1.00 e. The summed E-state index contributed by atoms with van der Waals surface area (Å²) in [7, 11) is 0. The molecular weight excluding hydrogens is 374 g/mol. The Bertz CT molecular complexity index is 660. The Morgan fingerprint density at radius 3 is 1.91 bits per heavy atom. The van der Waals surface area contributed by atoms with Gasteiger partial charge in [-0.25, -0.2) is 8.78 Å². The van der Waals surface area contributed by atoms with E-state index in [0.29, 0.717) is 5.56 Å². The Hall–Kier alpha value is -0.315.